The molecule has 0 radical (unpaired) electrons. The van der Waals surface area contributed by atoms with Crippen LogP contribution in [0.4, 0.5) is 0 Å². The molecular weight excluding hydrogens is 428 g/mol. The standard InChI is InChI=1S/C25H29ClN2O4/c1-16(2)32-20-11-9-17(10-12-20)23(29)21-22(18-7-5-8-19(26)15-18)28(25(31)24(21)30)14-6-13-27(3)4/h5,7-12,15-16,22,29H,6,13-14H2,1-4H3/b23-21+/t22-/m0/s1. The van der Waals surface area contributed by atoms with Crippen LogP contribution in [0.1, 0.15) is 37.4 Å². The number of Topliss-reactive ketones (excluding diaryl/α,β-unsaturated/α-hetero) is 1. The van der Waals surface area contributed by atoms with Crippen molar-refractivity contribution in [2.45, 2.75) is 32.4 Å². The van der Waals surface area contributed by atoms with Gasteiger partial charge in [-0.05, 0) is 82.9 Å². The van der Waals surface area contributed by atoms with E-state index in [1.165, 1.54) is 4.90 Å². The van der Waals surface area contributed by atoms with Gasteiger partial charge in [-0.15, -0.1) is 0 Å². The van der Waals surface area contributed by atoms with Crippen LogP contribution in [0.15, 0.2) is 54.1 Å². The number of carbonyl (C=O) groups is 2. The molecule has 0 spiro atoms. The van der Waals surface area contributed by atoms with Crippen LogP contribution in [0.25, 0.3) is 5.76 Å². The van der Waals surface area contributed by atoms with E-state index in [0.717, 1.165) is 6.54 Å². The van der Waals surface area contributed by atoms with E-state index in [-0.39, 0.29) is 17.4 Å². The van der Waals surface area contributed by atoms with Crippen LogP contribution in [0, 0.1) is 0 Å². The van der Waals surface area contributed by atoms with Crippen LogP contribution < -0.4 is 4.74 Å². The van der Waals surface area contributed by atoms with Gasteiger partial charge in [0, 0.05) is 17.1 Å². The molecule has 0 aliphatic carbocycles. The Hall–Kier alpha value is -2.83. The molecule has 0 aromatic heterocycles. The molecule has 1 aliphatic heterocycles. The maximum Gasteiger partial charge on any atom is 0.295 e. The second-order valence-electron chi connectivity index (χ2n) is 8.40. The van der Waals surface area contributed by atoms with Crippen molar-refractivity contribution in [2.24, 2.45) is 0 Å². The van der Waals surface area contributed by atoms with Crippen LogP contribution in [-0.4, -0.2) is 59.9 Å². The SMILES string of the molecule is CC(C)Oc1ccc(/C(O)=C2\C(=O)C(=O)N(CCCN(C)C)[C@H]2c2cccc(Cl)c2)cc1. The molecule has 32 heavy (non-hydrogen) atoms. The van der Waals surface area contributed by atoms with Gasteiger partial charge in [0.15, 0.2) is 0 Å². The predicted molar refractivity (Wildman–Crippen MR) is 126 cm³/mol. The number of amides is 1. The van der Waals surface area contributed by atoms with Gasteiger partial charge in [-0.1, -0.05) is 23.7 Å². The molecule has 2 aromatic rings. The average molecular weight is 457 g/mol. The molecule has 0 saturated carbocycles. The van der Waals surface area contributed by atoms with Gasteiger partial charge < -0.3 is 19.6 Å². The third kappa shape index (κ3) is 5.31. The summed E-state index contributed by atoms with van der Waals surface area (Å²) >= 11 is 6.21. The Labute approximate surface area is 194 Å². The molecule has 1 atom stereocenters. The quantitative estimate of drug-likeness (QED) is 0.360. The van der Waals surface area contributed by atoms with Crippen LogP contribution in [0.3, 0.4) is 0 Å². The van der Waals surface area contributed by atoms with E-state index in [0.29, 0.717) is 34.9 Å². The fourth-order valence-corrected chi connectivity index (χ4v) is 4.01. The van der Waals surface area contributed by atoms with Gasteiger partial charge in [-0.2, -0.15) is 0 Å². The molecule has 170 valence electrons. The third-order valence-electron chi connectivity index (χ3n) is 5.21. The Morgan fingerprint density at radius 3 is 2.44 bits per heavy atom. The first-order valence-corrected chi connectivity index (χ1v) is 11.0. The number of rotatable bonds is 8. The Kier molecular flexibility index (Phi) is 7.59. The van der Waals surface area contributed by atoms with Gasteiger partial charge in [-0.3, -0.25) is 9.59 Å². The maximum atomic E-state index is 13.0. The van der Waals surface area contributed by atoms with E-state index >= 15 is 0 Å². The molecule has 1 saturated heterocycles. The van der Waals surface area contributed by atoms with Crippen LogP contribution in [-0.2, 0) is 9.59 Å². The lowest BCUT2D eigenvalue weighted by Gasteiger charge is -2.26. The second kappa shape index (κ2) is 10.2. The maximum absolute atomic E-state index is 13.0. The summed E-state index contributed by atoms with van der Waals surface area (Å²) in [5.74, 6) is -0.860. The zero-order valence-electron chi connectivity index (χ0n) is 18.8. The number of aliphatic hydroxyl groups excluding tert-OH is 1. The summed E-state index contributed by atoms with van der Waals surface area (Å²) in [4.78, 5) is 29.5. The summed E-state index contributed by atoms with van der Waals surface area (Å²) in [5.41, 5.74) is 1.20. The lowest BCUT2D eigenvalue weighted by Crippen LogP contribution is -2.32. The molecule has 7 heteroatoms. The number of nitrogens with zero attached hydrogens (tertiary/aromatic N) is 2. The molecule has 3 rings (SSSR count). The fraction of sp³-hybridized carbons (Fsp3) is 0.360. The van der Waals surface area contributed by atoms with Crippen LogP contribution in [0.5, 0.6) is 5.75 Å². The number of benzene rings is 2. The summed E-state index contributed by atoms with van der Waals surface area (Å²) < 4.78 is 5.65. The number of likely N-dealkylation sites (tertiary alicyclic amines) is 1. The minimum absolute atomic E-state index is 0.0183. The summed E-state index contributed by atoms with van der Waals surface area (Å²) in [7, 11) is 3.91. The molecule has 1 fully saturated rings. The number of ketones is 1. The first kappa shape index (κ1) is 23.8. The molecule has 0 bridgehead atoms. The highest BCUT2D eigenvalue weighted by molar-refractivity contribution is 6.46. The Bertz CT molecular complexity index is 1010. The molecule has 6 nitrogen and oxygen atoms in total. The number of halogens is 1. The largest absolute Gasteiger partial charge is 0.507 e. The Morgan fingerprint density at radius 1 is 1.16 bits per heavy atom. The van der Waals surface area contributed by atoms with Crippen molar-refractivity contribution in [2.75, 3.05) is 27.2 Å². The van der Waals surface area contributed by atoms with Gasteiger partial charge in [-0.25, -0.2) is 0 Å². The number of hydrogen-bond donors (Lipinski definition) is 1. The van der Waals surface area contributed by atoms with Crippen LogP contribution in [0.2, 0.25) is 5.02 Å². The monoisotopic (exact) mass is 456 g/mol. The molecule has 2 aromatic carbocycles. The number of carbonyl (C=O) groups excluding carboxylic acids is 2. The van der Waals surface area contributed by atoms with Gasteiger partial charge in [0.1, 0.15) is 11.5 Å². The minimum Gasteiger partial charge on any atom is -0.507 e. The zero-order chi connectivity index (χ0) is 23.4. The third-order valence-corrected chi connectivity index (χ3v) is 5.44. The number of ether oxygens (including phenoxy) is 1. The lowest BCUT2D eigenvalue weighted by molar-refractivity contribution is -0.139. The Balaban J connectivity index is 2.04. The smallest absolute Gasteiger partial charge is 0.295 e. The number of hydrogen-bond acceptors (Lipinski definition) is 5. The first-order valence-electron chi connectivity index (χ1n) is 10.6. The van der Waals surface area contributed by atoms with Crippen molar-refractivity contribution in [1.29, 1.82) is 0 Å². The van der Waals surface area contributed by atoms with E-state index in [1.54, 1.807) is 42.5 Å². The highest BCUT2D eigenvalue weighted by Crippen LogP contribution is 2.40. The normalized spacial score (nSPS) is 18.1. The molecule has 1 N–H and O–H groups in total. The highest BCUT2D eigenvalue weighted by Gasteiger charge is 2.45. The van der Waals surface area contributed by atoms with E-state index < -0.39 is 17.7 Å². The summed E-state index contributed by atoms with van der Waals surface area (Å²) in [6.07, 6.45) is 0.711. The minimum atomic E-state index is -0.706. The van der Waals surface area contributed by atoms with Crippen molar-refractivity contribution < 1.29 is 19.4 Å². The molecule has 1 amide bonds. The van der Waals surface area contributed by atoms with Crippen molar-refractivity contribution in [3.8, 4) is 5.75 Å². The molecule has 1 aliphatic rings. The average Bonchev–Trinajstić information content (AvgIpc) is 2.98. The van der Waals surface area contributed by atoms with Crippen LogP contribution >= 0.6 is 11.6 Å². The topological polar surface area (TPSA) is 70.1 Å². The summed E-state index contributed by atoms with van der Waals surface area (Å²) in [6.45, 7) is 5.01. The van der Waals surface area contributed by atoms with Gasteiger partial charge in [0.05, 0.1) is 17.7 Å². The van der Waals surface area contributed by atoms with Gasteiger partial charge >= 0.3 is 0 Å². The zero-order valence-corrected chi connectivity index (χ0v) is 19.6. The van der Waals surface area contributed by atoms with Crippen molar-refractivity contribution >= 4 is 29.1 Å². The fourth-order valence-electron chi connectivity index (χ4n) is 3.81. The molecule has 0 unspecified atom stereocenters. The van der Waals surface area contributed by atoms with Crippen molar-refractivity contribution in [3.63, 3.8) is 0 Å². The lowest BCUT2D eigenvalue weighted by atomic mass is 9.95. The summed E-state index contributed by atoms with van der Waals surface area (Å²) in [6, 6.07) is 13.2. The van der Waals surface area contributed by atoms with E-state index in [9.17, 15) is 14.7 Å². The predicted octanol–water partition coefficient (Wildman–Crippen LogP) is 4.50. The Morgan fingerprint density at radius 2 is 1.84 bits per heavy atom. The summed E-state index contributed by atoms with van der Waals surface area (Å²) in [5, 5.41) is 11.6. The van der Waals surface area contributed by atoms with E-state index in [2.05, 4.69) is 0 Å². The molecule has 1 heterocycles. The number of aliphatic hydroxyl groups is 1. The first-order chi connectivity index (χ1) is 15.2. The van der Waals surface area contributed by atoms with E-state index in [4.69, 9.17) is 16.3 Å². The molecular formula is C25H29ClN2O4. The van der Waals surface area contributed by atoms with Crippen molar-refractivity contribution in [3.05, 3.63) is 70.3 Å². The van der Waals surface area contributed by atoms with Gasteiger partial charge in [0.25, 0.3) is 11.7 Å². The van der Waals surface area contributed by atoms with Crippen molar-refractivity contribution in [1.82, 2.24) is 9.80 Å². The van der Waals surface area contributed by atoms with Gasteiger partial charge in [0.2, 0.25) is 0 Å². The van der Waals surface area contributed by atoms with E-state index in [1.807, 2.05) is 38.9 Å². The second-order valence-corrected chi connectivity index (χ2v) is 8.83. The highest BCUT2D eigenvalue weighted by atomic mass is 35.5.